The number of carbonyl (C=O) groups is 3. The number of nitro benzene ring substituents is 1. The first kappa shape index (κ1) is 28.8. The number of Topliss-reactive ketones (excluding diaryl/α,β-unsaturated/α-hetero) is 1. The highest BCUT2D eigenvalue weighted by Gasteiger charge is 2.36. The van der Waals surface area contributed by atoms with Crippen LogP contribution < -0.4 is 8.92 Å². The average molecular weight is 603 g/mol. The summed E-state index contributed by atoms with van der Waals surface area (Å²) in [5.74, 6) is -1.33. The van der Waals surface area contributed by atoms with Crippen molar-refractivity contribution in [3.63, 3.8) is 0 Å². The molecule has 2 amide bonds. The van der Waals surface area contributed by atoms with Crippen LogP contribution in [0.15, 0.2) is 70.5 Å². The normalized spacial score (nSPS) is 14.5. The number of ether oxygens (including phenoxy) is 1. The number of carbonyl (C=O) groups excluding carboxylic acids is 3. The Balaban J connectivity index is 1.54. The van der Waals surface area contributed by atoms with Gasteiger partial charge < -0.3 is 8.92 Å². The van der Waals surface area contributed by atoms with Crippen molar-refractivity contribution in [2.24, 2.45) is 0 Å². The molecule has 1 fully saturated rings. The lowest BCUT2D eigenvalue weighted by Gasteiger charge is -2.12. The molecule has 3 aromatic rings. The molecule has 0 N–H and O–H groups in total. The van der Waals surface area contributed by atoms with E-state index in [1.807, 2.05) is 0 Å². The number of aryl methyl sites for hydroxylation is 1. The standard InChI is InChI=1S/C26H19ClN2O9S2/c1-15-3-9-19(13-20(15)29(33)34)40(35,36)38-22-10-4-16(11-23(22)37-2)12-24-25(31)28(26(32)39-24)14-21(30)17-5-7-18(27)8-6-17/h3-13H,14H2,1-2H3/b24-12-. The van der Waals surface area contributed by atoms with E-state index in [9.17, 15) is 32.9 Å². The quantitative estimate of drug-likeness (QED) is 0.104. The first-order valence-corrected chi connectivity index (χ1v) is 13.9. The maximum absolute atomic E-state index is 12.9. The van der Waals surface area contributed by atoms with Crippen molar-refractivity contribution in [3.8, 4) is 11.5 Å². The van der Waals surface area contributed by atoms with Gasteiger partial charge in [0.2, 0.25) is 0 Å². The number of hydrogen-bond acceptors (Lipinski definition) is 10. The van der Waals surface area contributed by atoms with E-state index in [2.05, 4.69) is 0 Å². The highest BCUT2D eigenvalue weighted by atomic mass is 35.5. The fourth-order valence-corrected chi connectivity index (χ4v) is 5.53. The van der Waals surface area contributed by atoms with Gasteiger partial charge in [0.15, 0.2) is 17.3 Å². The van der Waals surface area contributed by atoms with Crippen molar-refractivity contribution < 1.29 is 36.6 Å². The number of nitro groups is 1. The van der Waals surface area contributed by atoms with Gasteiger partial charge in [0.05, 0.1) is 23.5 Å². The average Bonchev–Trinajstić information content (AvgIpc) is 3.16. The molecule has 1 aliphatic rings. The summed E-state index contributed by atoms with van der Waals surface area (Å²) in [5, 5.41) is 11.0. The molecule has 40 heavy (non-hydrogen) atoms. The van der Waals surface area contributed by atoms with E-state index in [4.69, 9.17) is 20.5 Å². The summed E-state index contributed by atoms with van der Waals surface area (Å²) in [4.78, 5) is 48.8. The Bertz CT molecular complexity index is 1690. The zero-order chi connectivity index (χ0) is 29.2. The van der Waals surface area contributed by atoms with Crippen molar-refractivity contribution >= 4 is 62.2 Å². The second kappa shape index (κ2) is 11.5. The number of imide groups is 1. The van der Waals surface area contributed by atoms with Gasteiger partial charge in [-0.1, -0.05) is 23.7 Å². The van der Waals surface area contributed by atoms with Crippen LogP contribution in [0.3, 0.4) is 0 Å². The van der Waals surface area contributed by atoms with Crippen molar-refractivity contribution in [2.45, 2.75) is 11.8 Å². The van der Waals surface area contributed by atoms with Crippen LogP contribution in [0.4, 0.5) is 10.5 Å². The molecule has 206 valence electrons. The molecule has 0 bridgehead atoms. The lowest BCUT2D eigenvalue weighted by Crippen LogP contribution is -2.33. The van der Waals surface area contributed by atoms with Crippen LogP contribution in [0.5, 0.6) is 11.5 Å². The summed E-state index contributed by atoms with van der Waals surface area (Å²) < 4.78 is 36.0. The summed E-state index contributed by atoms with van der Waals surface area (Å²) in [6.45, 7) is 1.03. The molecule has 11 nitrogen and oxygen atoms in total. The molecule has 0 aromatic heterocycles. The summed E-state index contributed by atoms with van der Waals surface area (Å²) in [6.07, 6.45) is 1.39. The van der Waals surface area contributed by atoms with E-state index in [1.165, 1.54) is 74.7 Å². The lowest BCUT2D eigenvalue weighted by molar-refractivity contribution is -0.385. The second-order valence-corrected chi connectivity index (χ2v) is 11.3. The molecule has 0 atom stereocenters. The predicted octanol–water partition coefficient (Wildman–Crippen LogP) is 5.25. The Kier molecular flexibility index (Phi) is 8.28. The third kappa shape index (κ3) is 6.17. The monoisotopic (exact) mass is 602 g/mol. The van der Waals surface area contributed by atoms with Gasteiger partial charge in [-0.15, -0.1) is 0 Å². The largest absolute Gasteiger partial charge is 0.493 e. The maximum atomic E-state index is 12.9. The Morgan fingerprint density at radius 2 is 1.77 bits per heavy atom. The molecular weight excluding hydrogens is 584 g/mol. The Labute approximate surface area is 237 Å². The van der Waals surface area contributed by atoms with Crippen LogP contribution >= 0.6 is 23.4 Å². The van der Waals surface area contributed by atoms with Crippen molar-refractivity contribution in [2.75, 3.05) is 13.7 Å². The van der Waals surface area contributed by atoms with E-state index in [0.29, 0.717) is 27.9 Å². The molecule has 0 saturated carbocycles. The molecule has 0 radical (unpaired) electrons. The summed E-state index contributed by atoms with van der Waals surface area (Å²) in [6, 6.07) is 13.5. The first-order valence-electron chi connectivity index (χ1n) is 11.3. The number of amides is 2. The van der Waals surface area contributed by atoms with Gasteiger partial charge in [-0.25, -0.2) is 0 Å². The molecule has 4 rings (SSSR count). The van der Waals surface area contributed by atoms with Crippen LogP contribution in [-0.4, -0.2) is 48.8 Å². The van der Waals surface area contributed by atoms with Gasteiger partial charge in [-0.2, -0.15) is 8.42 Å². The van der Waals surface area contributed by atoms with Crippen LogP contribution in [0.1, 0.15) is 21.5 Å². The third-order valence-electron chi connectivity index (χ3n) is 5.69. The van der Waals surface area contributed by atoms with Gasteiger partial charge >= 0.3 is 10.1 Å². The minimum absolute atomic E-state index is 0.0175. The van der Waals surface area contributed by atoms with E-state index >= 15 is 0 Å². The number of rotatable bonds is 9. The summed E-state index contributed by atoms with van der Waals surface area (Å²) in [7, 11) is -3.19. The van der Waals surface area contributed by atoms with Gasteiger partial charge in [-0.3, -0.25) is 29.4 Å². The highest BCUT2D eigenvalue weighted by molar-refractivity contribution is 8.18. The smallest absolute Gasteiger partial charge is 0.339 e. The van der Waals surface area contributed by atoms with Crippen LogP contribution in [0.2, 0.25) is 5.02 Å². The number of benzene rings is 3. The molecular formula is C26H19ClN2O9S2. The number of thioether (sulfide) groups is 1. The van der Waals surface area contributed by atoms with Gasteiger partial charge in [-0.05, 0) is 72.8 Å². The first-order chi connectivity index (χ1) is 18.9. The van der Waals surface area contributed by atoms with E-state index in [1.54, 1.807) is 0 Å². The minimum atomic E-state index is -4.46. The van der Waals surface area contributed by atoms with Crippen LogP contribution in [-0.2, 0) is 14.9 Å². The number of methoxy groups -OCH3 is 1. The molecule has 0 spiro atoms. The number of hydrogen-bond donors (Lipinski definition) is 0. The highest BCUT2D eigenvalue weighted by Crippen LogP contribution is 2.36. The fraction of sp³-hybridized carbons (Fsp3) is 0.115. The zero-order valence-corrected chi connectivity index (χ0v) is 23.2. The Hall–Kier alpha value is -4.20. The number of halogens is 1. The van der Waals surface area contributed by atoms with Gasteiger partial charge in [0.25, 0.3) is 16.8 Å². The van der Waals surface area contributed by atoms with Gasteiger partial charge in [0, 0.05) is 22.2 Å². The van der Waals surface area contributed by atoms with Crippen LogP contribution in [0.25, 0.3) is 6.08 Å². The summed E-state index contributed by atoms with van der Waals surface area (Å²) in [5.41, 5.74) is 0.575. The Morgan fingerprint density at radius 1 is 1.07 bits per heavy atom. The molecule has 0 unspecified atom stereocenters. The third-order valence-corrected chi connectivity index (χ3v) is 8.08. The predicted molar refractivity (Wildman–Crippen MR) is 147 cm³/mol. The molecule has 0 aliphatic carbocycles. The van der Waals surface area contributed by atoms with E-state index in [0.717, 1.165) is 11.0 Å². The van der Waals surface area contributed by atoms with Crippen molar-refractivity contribution in [3.05, 3.63) is 97.4 Å². The lowest BCUT2D eigenvalue weighted by atomic mass is 10.1. The Morgan fingerprint density at radius 3 is 2.42 bits per heavy atom. The van der Waals surface area contributed by atoms with Gasteiger partial charge in [0.1, 0.15) is 4.90 Å². The SMILES string of the molecule is COc1cc(/C=C2\SC(=O)N(CC(=O)c3ccc(Cl)cc3)C2=O)ccc1OS(=O)(=O)c1ccc(C)c([N+](=O)[O-])c1. The molecule has 14 heteroatoms. The van der Waals surface area contributed by atoms with E-state index in [-0.39, 0.29) is 27.7 Å². The van der Waals surface area contributed by atoms with E-state index < -0.39 is 43.4 Å². The fourth-order valence-electron chi connectivity index (χ4n) is 3.61. The minimum Gasteiger partial charge on any atom is -0.493 e. The molecule has 1 saturated heterocycles. The number of nitrogens with zero attached hydrogens (tertiary/aromatic N) is 2. The molecule has 1 aliphatic heterocycles. The topological polar surface area (TPSA) is 150 Å². The molecule has 3 aromatic carbocycles. The van der Waals surface area contributed by atoms with Crippen molar-refractivity contribution in [1.82, 2.24) is 4.90 Å². The molecule has 1 heterocycles. The van der Waals surface area contributed by atoms with Crippen LogP contribution in [0, 0.1) is 17.0 Å². The second-order valence-electron chi connectivity index (χ2n) is 8.35. The maximum Gasteiger partial charge on any atom is 0.339 e. The van der Waals surface area contributed by atoms with Crippen molar-refractivity contribution in [1.29, 1.82) is 0 Å². The zero-order valence-electron chi connectivity index (χ0n) is 20.8. The summed E-state index contributed by atoms with van der Waals surface area (Å²) >= 11 is 6.48. The number of ketones is 1.